The third-order valence-electron chi connectivity index (χ3n) is 5.54. The lowest BCUT2D eigenvalue weighted by atomic mass is 9.90. The van der Waals surface area contributed by atoms with Crippen LogP contribution in [-0.4, -0.2) is 49.3 Å². The van der Waals surface area contributed by atoms with Gasteiger partial charge in [-0.2, -0.15) is 0 Å². The van der Waals surface area contributed by atoms with Crippen molar-refractivity contribution in [1.82, 2.24) is 10.2 Å². The summed E-state index contributed by atoms with van der Waals surface area (Å²) < 4.78 is 5.51. The molecule has 2 aliphatic heterocycles. The van der Waals surface area contributed by atoms with Crippen LogP contribution in [0.15, 0.2) is 0 Å². The minimum Gasteiger partial charge on any atom is -0.381 e. The fraction of sp³-hybridized carbons (Fsp3) is 1.00. The lowest BCUT2D eigenvalue weighted by molar-refractivity contribution is 0.0188. The highest BCUT2D eigenvalue weighted by Gasteiger charge is 2.42. The molecule has 0 bridgehead atoms. The topological polar surface area (TPSA) is 24.5 Å². The SMILES string of the molecule is CCC1(C)CN(CC2CCOCC2)C(C2CC2)CN1. The smallest absolute Gasteiger partial charge is 0.0469 e. The summed E-state index contributed by atoms with van der Waals surface area (Å²) in [5.74, 6) is 1.85. The van der Waals surface area contributed by atoms with E-state index in [0.717, 1.165) is 31.1 Å². The minimum absolute atomic E-state index is 0.330. The normalized spacial score (nSPS) is 38.5. The third-order valence-corrected chi connectivity index (χ3v) is 5.54. The molecule has 2 atom stereocenters. The first kappa shape index (κ1) is 13.8. The van der Waals surface area contributed by atoms with E-state index in [4.69, 9.17) is 4.74 Å². The molecule has 3 nitrogen and oxygen atoms in total. The van der Waals surface area contributed by atoms with E-state index in [1.807, 2.05) is 0 Å². The number of hydrogen-bond acceptors (Lipinski definition) is 3. The van der Waals surface area contributed by atoms with E-state index in [0.29, 0.717) is 5.54 Å². The zero-order valence-electron chi connectivity index (χ0n) is 12.7. The van der Waals surface area contributed by atoms with E-state index in [-0.39, 0.29) is 0 Å². The predicted molar refractivity (Wildman–Crippen MR) is 78.3 cm³/mol. The average Bonchev–Trinajstić information content (AvgIpc) is 3.25. The average molecular weight is 266 g/mol. The molecule has 0 radical (unpaired) electrons. The van der Waals surface area contributed by atoms with E-state index >= 15 is 0 Å². The highest BCUT2D eigenvalue weighted by Crippen LogP contribution is 2.38. The molecular weight excluding hydrogens is 236 g/mol. The van der Waals surface area contributed by atoms with Crippen molar-refractivity contribution in [3.8, 4) is 0 Å². The Morgan fingerprint density at radius 1 is 1.21 bits per heavy atom. The van der Waals surface area contributed by atoms with Crippen molar-refractivity contribution in [3.05, 3.63) is 0 Å². The zero-order valence-corrected chi connectivity index (χ0v) is 12.7. The summed E-state index contributed by atoms with van der Waals surface area (Å²) in [6.45, 7) is 10.4. The van der Waals surface area contributed by atoms with Crippen molar-refractivity contribution < 1.29 is 4.74 Å². The fourth-order valence-electron chi connectivity index (χ4n) is 3.74. The number of ether oxygens (including phenoxy) is 1. The van der Waals surface area contributed by atoms with Crippen LogP contribution in [0.4, 0.5) is 0 Å². The molecular formula is C16H30N2O. The van der Waals surface area contributed by atoms with Crippen molar-refractivity contribution in [3.63, 3.8) is 0 Å². The molecule has 19 heavy (non-hydrogen) atoms. The maximum atomic E-state index is 5.51. The van der Waals surface area contributed by atoms with Gasteiger partial charge in [0, 0.05) is 44.4 Å². The van der Waals surface area contributed by atoms with Gasteiger partial charge in [-0.25, -0.2) is 0 Å². The van der Waals surface area contributed by atoms with E-state index < -0.39 is 0 Å². The van der Waals surface area contributed by atoms with Crippen molar-refractivity contribution >= 4 is 0 Å². The van der Waals surface area contributed by atoms with Gasteiger partial charge in [0.05, 0.1) is 0 Å². The molecule has 3 rings (SSSR count). The summed E-state index contributed by atoms with van der Waals surface area (Å²) in [4.78, 5) is 2.83. The Morgan fingerprint density at radius 2 is 1.95 bits per heavy atom. The summed E-state index contributed by atoms with van der Waals surface area (Å²) in [6, 6.07) is 0.808. The third kappa shape index (κ3) is 3.32. The largest absolute Gasteiger partial charge is 0.381 e. The summed E-state index contributed by atoms with van der Waals surface area (Å²) in [5, 5.41) is 3.82. The monoisotopic (exact) mass is 266 g/mol. The van der Waals surface area contributed by atoms with E-state index in [1.54, 1.807) is 0 Å². The van der Waals surface area contributed by atoms with Crippen molar-refractivity contribution in [2.75, 3.05) is 32.8 Å². The maximum absolute atomic E-state index is 5.51. The summed E-state index contributed by atoms with van der Waals surface area (Å²) in [5.41, 5.74) is 0.330. The predicted octanol–water partition coefficient (Wildman–Crippen LogP) is 2.27. The second-order valence-corrected chi connectivity index (χ2v) is 7.19. The van der Waals surface area contributed by atoms with Crippen LogP contribution in [0.2, 0.25) is 0 Å². The van der Waals surface area contributed by atoms with Gasteiger partial charge >= 0.3 is 0 Å². The standard InChI is InChI=1S/C16H30N2O/c1-3-16(2)12-18(11-13-6-8-19-9-7-13)15(10-17-16)14-4-5-14/h13-15,17H,3-12H2,1-2H3. The zero-order chi connectivity index (χ0) is 13.3. The molecule has 1 N–H and O–H groups in total. The van der Waals surface area contributed by atoms with Crippen LogP contribution in [0.5, 0.6) is 0 Å². The fourth-order valence-corrected chi connectivity index (χ4v) is 3.74. The summed E-state index contributed by atoms with van der Waals surface area (Å²) in [7, 11) is 0. The van der Waals surface area contributed by atoms with Crippen LogP contribution in [0.1, 0.15) is 46.0 Å². The Hall–Kier alpha value is -0.120. The highest BCUT2D eigenvalue weighted by atomic mass is 16.5. The molecule has 2 saturated heterocycles. The van der Waals surface area contributed by atoms with Gasteiger partial charge in [-0.05, 0) is 50.9 Å². The van der Waals surface area contributed by atoms with Gasteiger partial charge in [0.2, 0.25) is 0 Å². The first-order valence-corrected chi connectivity index (χ1v) is 8.27. The van der Waals surface area contributed by atoms with Crippen LogP contribution < -0.4 is 5.32 Å². The lowest BCUT2D eigenvalue weighted by Gasteiger charge is -2.47. The number of hydrogen-bond donors (Lipinski definition) is 1. The Labute approximate surface area is 118 Å². The molecule has 0 aromatic rings. The van der Waals surface area contributed by atoms with Crippen molar-refractivity contribution in [1.29, 1.82) is 0 Å². The molecule has 1 saturated carbocycles. The Morgan fingerprint density at radius 3 is 2.58 bits per heavy atom. The summed E-state index contributed by atoms with van der Waals surface area (Å²) in [6.07, 6.45) is 6.68. The molecule has 0 amide bonds. The molecule has 0 aromatic heterocycles. The van der Waals surface area contributed by atoms with Gasteiger partial charge in [-0.1, -0.05) is 6.92 Å². The molecule has 1 aliphatic carbocycles. The van der Waals surface area contributed by atoms with Crippen LogP contribution >= 0.6 is 0 Å². The van der Waals surface area contributed by atoms with E-state index in [9.17, 15) is 0 Å². The van der Waals surface area contributed by atoms with Gasteiger partial charge in [0.25, 0.3) is 0 Å². The Balaban J connectivity index is 1.62. The van der Waals surface area contributed by atoms with E-state index in [1.165, 1.54) is 51.7 Å². The second-order valence-electron chi connectivity index (χ2n) is 7.19. The first-order chi connectivity index (χ1) is 9.20. The lowest BCUT2D eigenvalue weighted by Crippen LogP contribution is -2.64. The van der Waals surface area contributed by atoms with Crippen molar-refractivity contribution in [2.24, 2.45) is 11.8 Å². The molecule has 2 heterocycles. The van der Waals surface area contributed by atoms with Crippen LogP contribution in [0.3, 0.4) is 0 Å². The highest BCUT2D eigenvalue weighted by molar-refractivity contribution is 5.00. The van der Waals surface area contributed by atoms with Gasteiger partial charge < -0.3 is 10.1 Å². The quantitative estimate of drug-likeness (QED) is 0.845. The number of rotatable bonds is 4. The van der Waals surface area contributed by atoms with Gasteiger partial charge in [-0.3, -0.25) is 4.90 Å². The molecule has 110 valence electrons. The molecule has 3 heteroatoms. The van der Waals surface area contributed by atoms with Gasteiger partial charge in [0.1, 0.15) is 0 Å². The molecule has 3 fully saturated rings. The van der Waals surface area contributed by atoms with E-state index in [2.05, 4.69) is 24.1 Å². The summed E-state index contributed by atoms with van der Waals surface area (Å²) >= 11 is 0. The van der Waals surface area contributed by atoms with Crippen LogP contribution in [-0.2, 0) is 4.74 Å². The Bertz CT molecular complexity index is 299. The van der Waals surface area contributed by atoms with Crippen LogP contribution in [0, 0.1) is 11.8 Å². The van der Waals surface area contributed by atoms with Gasteiger partial charge in [0.15, 0.2) is 0 Å². The molecule has 0 spiro atoms. The van der Waals surface area contributed by atoms with Crippen molar-refractivity contribution in [2.45, 2.75) is 57.5 Å². The number of piperazine rings is 1. The Kier molecular flexibility index (Phi) is 4.16. The molecule has 0 aromatic carbocycles. The molecule has 2 unspecified atom stereocenters. The molecule has 3 aliphatic rings. The first-order valence-electron chi connectivity index (χ1n) is 8.27. The minimum atomic E-state index is 0.330. The maximum Gasteiger partial charge on any atom is 0.0469 e. The number of nitrogens with zero attached hydrogens (tertiary/aromatic N) is 1. The number of nitrogens with one attached hydrogen (secondary N) is 1. The second kappa shape index (κ2) is 5.71. The van der Waals surface area contributed by atoms with Crippen LogP contribution in [0.25, 0.3) is 0 Å². The van der Waals surface area contributed by atoms with Gasteiger partial charge in [-0.15, -0.1) is 0 Å².